The maximum absolute atomic E-state index is 13.7. The Hall–Kier alpha value is -1.08. The van der Waals surface area contributed by atoms with Gasteiger partial charge in [-0.15, -0.1) is 24.8 Å². The van der Waals surface area contributed by atoms with Gasteiger partial charge in [-0.25, -0.2) is 4.39 Å². The summed E-state index contributed by atoms with van der Waals surface area (Å²) < 4.78 is 18.6. The predicted octanol–water partition coefficient (Wildman–Crippen LogP) is 1.67. The molecule has 0 bridgehead atoms. The second-order valence-corrected chi connectivity index (χ2v) is 5.36. The van der Waals surface area contributed by atoms with Crippen molar-refractivity contribution < 1.29 is 13.9 Å². The fourth-order valence-electron chi connectivity index (χ4n) is 2.48. The molecule has 1 fully saturated rings. The largest absolute Gasteiger partial charge is 0.494 e. The minimum absolute atomic E-state index is 0. The lowest BCUT2D eigenvalue weighted by molar-refractivity contribution is -0.134. The summed E-state index contributed by atoms with van der Waals surface area (Å²) in [7, 11) is 1.45. The van der Waals surface area contributed by atoms with Gasteiger partial charge in [0.1, 0.15) is 0 Å². The van der Waals surface area contributed by atoms with Gasteiger partial charge in [0.25, 0.3) is 0 Å². The molecule has 0 unspecified atom stereocenters. The number of hydrogen-bond acceptors (Lipinski definition) is 4. The highest BCUT2D eigenvalue weighted by molar-refractivity contribution is 5.85. The Labute approximate surface area is 148 Å². The second kappa shape index (κ2) is 9.93. The van der Waals surface area contributed by atoms with Crippen LogP contribution in [0.3, 0.4) is 0 Å². The summed E-state index contributed by atoms with van der Waals surface area (Å²) >= 11 is 0. The molecule has 132 valence electrons. The summed E-state index contributed by atoms with van der Waals surface area (Å²) in [5.41, 5.74) is 6.51. The molecule has 0 aliphatic carbocycles. The number of carbonyl (C=O) groups excluding carboxylic acids is 1. The normalized spacial score (nSPS) is 16.1. The van der Waals surface area contributed by atoms with E-state index in [4.69, 9.17) is 10.5 Å². The van der Waals surface area contributed by atoms with E-state index in [0.717, 1.165) is 18.7 Å². The van der Waals surface area contributed by atoms with Crippen LogP contribution in [0.1, 0.15) is 12.5 Å². The summed E-state index contributed by atoms with van der Waals surface area (Å²) in [5, 5.41) is 0. The van der Waals surface area contributed by atoms with Crippen molar-refractivity contribution in [2.75, 3.05) is 33.3 Å². The van der Waals surface area contributed by atoms with Crippen molar-refractivity contribution in [2.24, 2.45) is 5.73 Å². The quantitative estimate of drug-likeness (QED) is 0.879. The molecule has 0 spiro atoms. The topological polar surface area (TPSA) is 58.8 Å². The van der Waals surface area contributed by atoms with Crippen LogP contribution >= 0.6 is 24.8 Å². The highest BCUT2D eigenvalue weighted by atomic mass is 35.5. The number of hydrogen-bond donors (Lipinski definition) is 1. The Morgan fingerprint density at radius 2 is 1.91 bits per heavy atom. The monoisotopic (exact) mass is 367 g/mol. The standard InChI is InChI=1S/C15H22FN3O2.2ClH/c1-11(17)15(20)19-7-5-18(6-8-19)10-12-3-4-14(21-2)13(16)9-12;;/h3-4,9,11H,5-8,10,17H2,1-2H3;2*1H/t11-;;/m1../s1. The number of carbonyl (C=O) groups is 1. The predicted molar refractivity (Wildman–Crippen MR) is 93.0 cm³/mol. The first-order valence-electron chi connectivity index (χ1n) is 7.10. The van der Waals surface area contributed by atoms with Gasteiger partial charge in [-0.05, 0) is 24.6 Å². The van der Waals surface area contributed by atoms with Crippen LogP contribution in [0, 0.1) is 5.82 Å². The molecule has 1 saturated heterocycles. The zero-order valence-corrected chi connectivity index (χ0v) is 15.0. The van der Waals surface area contributed by atoms with Crippen molar-refractivity contribution in [3.05, 3.63) is 29.6 Å². The third kappa shape index (κ3) is 5.80. The highest BCUT2D eigenvalue weighted by Gasteiger charge is 2.23. The van der Waals surface area contributed by atoms with Crippen LogP contribution in [0.5, 0.6) is 5.75 Å². The number of methoxy groups -OCH3 is 1. The maximum Gasteiger partial charge on any atom is 0.239 e. The molecule has 2 rings (SSSR count). The van der Waals surface area contributed by atoms with Gasteiger partial charge in [-0.3, -0.25) is 9.69 Å². The fourth-order valence-corrected chi connectivity index (χ4v) is 2.48. The zero-order chi connectivity index (χ0) is 15.4. The number of ether oxygens (including phenoxy) is 1. The minimum Gasteiger partial charge on any atom is -0.494 e. The van der Waals surface area contributed by atoms with E-state index >= 15 is 0 Å². The molecule has 1 aliphatic heterocycles. The number of rotatable bonds is 4. The van der Waals surface area contributed by atoms with Gasteiger partial charge in [-0.1, -0.05) is 6.07 Å². The maximum atomic E-state index is 13.7. The highest BCUT2D eigenvalue weighted by Crippen LogP contribution is 2.19. The van der Waals surface area contributed by atoms with Gasteiger partial charge in [0.15, 0.2) is 11.6 Å². The molecule has 2 N–H and O–H groups in total. The molecule has 1 aromatic rings. The lowest BCUT2D eigenvalue weighted by atomic mass is 10.1. The number of nitrogens with zero attached hydrogens (tertiary/aromatic N) is 2. The second-order valence-electron chi connectivity index (χ2n) is 5.36. The Morgan fingerprint density at radius 3 is 2.39 bits per heavy atom. The average molecular weight is 368 g/mol. The van der Waals surface area contributed by atoms with E-state index in [-0.39, 0.29) is 42.3 Å². The summed E-state index contributed by atoms with van der Waals surface area (Å²) in [6.07, 6.45) is 0. The first-order valence-corrected chi connectivity index (χ1v) is 7.10. The number of benzene rings is 1. The lowest BCUT2D eigenvalue weighted by Gasteiger charge is -2.35. The van der Waals surface area contributed by atoms with Gasteiger partial charge in [0.2, 0.25) is 5.91 Å². The van der Waals surface area contributed by atoms with Crippen LogP contribution < -0.4 is 10.5 Å². The van der Waals surface area contributed by atoms with Gasteiger partial charge < -0.3 is 15.4 Å². The fraction of sp³-hybridized carbons (Fsp3) is 0.533. The molecule has 1 amide bonds. The Balaban J connectivity index is 0.00000242. The van der Waals surface area contributed by atoms with Crippen LogP contribution in [-0.4, -0.2) is 55.0 Å². The Kier molecular flexibility index (Phi) is 9.46. The first-order chi connectivity index (χ1) is 10.0. The van der Waals surface area contributed by atoms with Crippen molar-refractivity contribution in [1.29, 1.82) is 0 Å². The number of amides is 1. The Morgan fingerprint density at radius 1 is 1.30 bits per heavy atom. The van der Waals surface area contributed by atoms with Gasteiger partial charge in [0.05, 0.1) is 13.2 Å². The molecular formula is C15H24Cl2FN3O2. The molecule has 8 heteroatoms. The van der Waals surface area contributed by atoms with Crippen molar-refractivity contribution in [3.63, 3.8) is 0 Å². The SMILES string of the molecule is COc1ccc(CN2CCN(C(=O)[C@@H](C)N)CC2)cc1F.Cl.Cl. The minimum atomic E-state index is -0.452. The zero-order valence-electron chi connectivity index (χ0n) is 13.3. The van der Waals surface area contributed by atoms with Gasteiger partial charge in [-0.2, -0.15) is 0 Å². The van der Waals surface area contributed by atoms with Crippen LogP contribution in [0.25, 0.3) is 0 Å². The molecular weight excluding hydrogens is 344 g/mol. The third-order valence-corrected chi connectivity index (χ3v) is 3.70. The summed E-state index contributed by atoms with van der Waals surface area (Å²) in [6, 6.07) is 4.55. The van der Waals surface area contributed by atoms with Crippen LogP contribution in [0.15, 0.2) is 18.2 Å². The van der Waals surface area contributed by atoms with Crippen LogP contribution in [-0.2, 0) is 11.3 Å². The number of nitrogens with two attached hydrogens (primary N) is 1. The van der Waals surface area contributed by atoms with Crippen LogP contribution in [0.2, 0.25) is 0 Å². The van der Waals surface area contributed by atoms with E-state index < -0.39 is 6.04 Å². The van der Waals surface area contributed by atoms with E-state index in [0.29, 0.717) is 19.6 Å². The summed E-state index contributed by atoms with van der Waals surface area (Å²) in [6.45, 7) is 5.24. The smallest absolute Gasteiger partial charge is 0.239 e. The van der Waals surface area contributed by atoms with E-state index in [9.17, 15) is 9.18 Å². The molecule has 1 heterocycles. The van der Waals surface area contributed by atoms with Crippen molar-refractivity contribution in [2.45, 2.75) is 19.5 Å². The molecule has 1 aliphatic rings. The van der Waals surface area contributed by atoms with E-state index in [2.05, 4.69) is 4.90 Å². The van der Waals surface area contributed by atoms with Gasteiger partial charge in [0, 0.05) is 32.7 Å². The molecule has 1 atom stereocenters. The Bertz CT molecular complexity index is 509. The third-order valence-electron chi connectivity index (χ3n) is 3.70. The number of piperazine rings is 1. The molecule has 0 saturated carbocycles. The average Bonchev–Trinajstić information content (AvgIpc) is 2.47. The summed E-state index contributed by atoms with van der Waals surface area (Å²) in [4.78, 5) is 15.8. The molecule has 5 nitrogen and oxygen atoms in total. The van der Waals surface area contributed by atoms with E-state index in [1.165, 1.54) is 13.2 Å². The summed E-state index contributed by atoms with van der Waals surface area (Å²) in [5.74, 6) is -0.1000. The van der Waals surface area contributed by atoms with Crippen LogP contribution in [0.4, 0.5) is 4.39 Å². The van der Waals surface area contributed by atoms with Crippen molar-refractivity contribution in [3.8, 4) is 5.75 Å². The van der Waals surface area contributed by atoms with Gasteiger partial charge >= 0.3 is 0 Å². The number of halogens is 3. The van der Waals surface area contributed by atoms with Crippen molar-refractivity contribution >= 4 is 30.7 Å². The first kappa shape index (κ1) is 21.9. The lowest BCUT2D eigenvalue weighted by Crippen LogP contribution is -2.52. The van der Waals surface area contributed by atoms with Crippen molar-refractivity contribution in [1.82, 2.24) is 9.80 Å². The molecule has 23 heavy (non-hydrogen) atoms. The van der Waals surface area contributed by atoms with E-state index in [1.54, 1.807) is 17.9 Å². The molecule has 1 aromatic carbocycles. The molecule has 0 aromatic heterocycles. The van der Waals surface area contributed by atoms with E-state index in [1.807, 2.05) is 6.07 Å². The molecule has 0 radical (unpaired) electrons.